The predicted octanol–water partition coefficient (Wildman–Crippen LogP) is 2.35. The monoisotopic (exact) mass is 393 g/mol. The third-order valence-corrected chi connectivity index (χ3v) is 3.99. The molecule has 2 aromatic rings. The number of furan rings is 1. The normalized spacial score (nSPS) is 15.0. The smallest absolute Gasteiger partial charge is 0.275 e. The number of hydrogen-bond donors (Lipinski definition) is 2. The number of ether oxygens (including phenoxy) is 1. The van der Waals surface area contributed by atoms with Gasteiger partial charge in [-0.05, 0) is 24.3 Å². The zero-order chi connectivity index (χ0) is 16.9. The molecule has 1 aromatic heterocycles. The van der Waals surface area contributed by atoms with Crippen molar-refractivity contribution < 1.29 is 19.1 Å². The zero-order valence-electron chi connectivity index (χ0n) is 12.7. The van der Waals surface area contributed by atoms with Crippen LogP contribution in [0.3, 0.4) is 0 Å². The lowest BCUT2D eigenvalue weighted by molar-refractivity contribution is 0.0952. The van der Waals surface area contributed by atoms with Crippen molar-refractivity contribution >= 4 is 33.9 Å². The van der Waals surface area contributed by atoms with Gasteiger partial charge in [0, 0.05) is 23.6 Å². The van der Waals surface area contributed by atoms with Crippen molar-refractivity contribution in [3.63, 3.8) is 0 Å². The Labute approximate surface area is 147 Å². The molecular formula is C16H16BrN3O4. The number of benzene rings is 1. The summed E-state index contributed by atoms with van der Waals surface area (Å²) in [6.45, 7) is 2.92. The molecule has 1 aliphatic rings. The molecule has 1 fully saturated rings. The number of hydrazone groups is 1. The number of rotatable bonds is 4. The first-order valence-electron chi connectivity index (χ1n) is 7.38. The van der Waals surface area contributed by atoms with Gasteiger partial charge < -0.3 is 19.2 Å². The number of phenolic OH excluding ortho intramolecular Hbond substituents is 1. The molecule has 3 rings (SSSR count). The summed E-state index contributed by atoms with van der Waals surface area (Å²) in [7, 11) is 0. The Kier molecular flexibility index (Phi) is 5.17. The maximum absolute atomic E-state index is 12.0. The second-order valence-electron chi connectivity index (χ2n) is 5.14. The molecule has 24 heavy (non-hydrogen) atoms. The van der Waals surface area contributed by atoms with Crippen LogP contribution in [0.25, 0.3) is 0 Å². The minimum Gasteiger partial charge on any atom is -0.507 e. The number of halogens is 1. The molecule has 0 saturated carbocycles. The molecule has 0 unspecified atom stereocenters. The molecule has 1 aromatic carbocycles. The number of anilines is 1. The number of carbonyl (C=O) groups excluding carboxylic acids is 1. The lowest BCUT2D eigenvalue weighted by atomic mass is 10.2. The van der Waals surface area contributed by atoms with Crippen LogP contribution in [0.4, 0.5) is 5.88 Å². The van der Waals surface area contributed by atoms with E-state index in [0.717, 1.165) is 19.0 Å². The lowest BCUT2D eigenvalue weighted by Gasteiger charge is -2.26. The Bertz CT molecular complexity index is 754. The Morgan fingerprint density at radius 2 is 2.08 bits per heavy atom. The molecular weight excluding hydrogens is 378 g/mol. The number of aromatic hydroxyl groups is 1. The van der Waals surface area contributed by atoms with E-state index >= 15 is 0 Å². The van der Waals surface area contributed by atoms with Gasteiger partial charge in [0.25, 0.3) is 5.91 Å². The summed E-state index contributed by atoms with van der Waals surface area (Å²) in [6.07, 6.45) is 1.41. The average Bonchev–Trinajstić information content (AvgIpc) is 3.06. The quantitative estimate of drug-likeness (QED) is 0.614. The van der Waals surface area contributed by atoms with E-state index in [1.54, 1.807) is 12.1 Å². The second kappa shape index (κ2) is 7.50. The van der Waals surface area contributed by atoms with Crippen LogP contribution in [-0.4, -0.2) is 43.5 Å². The van der Waals surface area contributed by atoms with Crippen molar-refractivity contribution in [1.29, 1.82) is 0 Å². The third-order valence-electron chi connectivity index (χ3n) is 3.50. The summed E-state index contributed by atoms with van der Waals surface area (Å²) in [6, 6.07) is 8.23. The predicted molar refractivity (Wildman–Crippen MR) is 92.6 cm³/mol. The van der Waals surface area contributed by atoms with Crippen LogP contribution in [0.5, 0.6) is 5.75 Å². The van der Waals surface area contributed by atoms with Gasteiger partial charge >= 0.3 is 0 Å². The highest BCUT2D eigenvalue weighted by molar-refractivity contribution is 9.10. The summed E-state index contributed by atoms with van der Waals surface area (Å²) >= 11 is 3.25. The summed E-state index contributed by atoms with van der Waals surface area (Å²) in [5.74, 6) is 0.648. The fourth-order valence-electron chi connectivity index (χ4n) is 2.27. The largest absolute Gasteiger partial charge is 0.507 e. The maximum atomic E-state index is 12.0. The van der Waals surface area contributed by atoms with Gasteiger partial charge in [-0.3, -0.25) is 4.79 Å². The van der Waals surface area contributed by atoms with Crippen molar-refractivity contribution in [2.45, 2.75) is 0 Å². The number of morpholine rings is 1. The van der Waals surface area contributed by atoms with Gasteiger partial charge in [-0.2, -0.15) is 5.10 Å². The summed E-state index contributed by atoms with van der Waals surface area (Å²) in [4.78, 5) is 14.1. The maximum Gasteiger partial charge on any atom is 0.275 e. The second-order valence-corrected chi connectivity index (χ2v) is 6.05. The van der Waals surface area contributed by atoms with Crippen molar-refractivity contribution in [3.8, 4) is 5.75 Å². The SMILES string of the molecule is O=C(NN=Cc1ccc(N2CCOCC2)o1)c1cc(Br)ccc1O. The molecule has 1 saturated heterocycles. The van der Waals surface area contributed by atoms with Gasteiger partial charge in [-0.15, -0.1) is 0 Å². The fraction of sp³-hybridized carbons (Fsp3) is 0.250. The van der Waals surface area contributed by atoms with E-state index in [1.807, 2.05) is 6.07 Å². The first kappa shape index (κ1) is 16.5. The lowest BCUT2D eigenvalue weighted by Crippen LogP contribution is -2.35. The molecule has 8 heteroatoms. The minimum atomic E-state index is -0.509. The molecule has 0 atom stereocenters. The molecule has 7 nitrogen and oxygen atoms in total. The topological polar surface area (TPSA) is 87.3 Å². The molecule has 1 aliphatic heterocycles. The number of carbonyl (C=O) groups is 1. The highest BCUT2D eigenvalue weighted by Gasteiger charge is 2.14. The number of hydrogen-bond acceptors (Lipinski definition) is 6. The van der Waals surface area contributed by atoms with E-state index in [1.165, 1.54) is 18.3 Å². The third kappa shape index (κ3) is 3.95. The number of nitrogens with one attached hydrogen (secondary N) is 1. The number of nitrogens with zero attached hydrogens (tertiary/aromatic N) is 2. The van der Waals surface area contributed by atoms with Gasteiger partial charge in [-0.1, -0.05) is 15.9 Å². The molecule has 126 valence electrons. The first-order chi connectivity index (χ1) is 11.6. The highest BCUT2D eigenvalue weighted by Crippen LogP contribution is 2.22. The molecule has 1 amide bonds. The highest BCUT2D eigenvalue weighted by atomic mass is 79.9. The van der Waals surface area contributed by atoms with Crippen LogP contribution in [-0.2, 0) is 4.74 Å². The van der Waals surface area contributed by atoms with Crippen LogP contribution in [0.1, 0.15) is 16.1 Å². The summed E-state index contributed by atoms with van der Waals surface area (Å²) in [5.41, 5.74) is 2.49. The summed E-state index contributed by atoms with van der Waals surface area (Å²) < 4.78 is 11.7. The number of phenols is 1. The van der Waals surface area contributed by atoms with Gasteiger partial charge in [0.15, 0.2) is 5.88 Å². The zero-order valence-corrected chi connectivity index (χ0v) is 14.3. The van der Waals surface area contributed by atoms with Gasteiger partial charge in [0.05, 0.1) is 25.0 Å². The Morgan fingerprint density at radius 1 is 1.29 bits per heavy atom. The van der Waals surface area contributed by atoms with E-state index < -0.39 is 5.91 Å². The van der Waals surface area contributed by atoms with E-state index in [9.17, 15) is 9.90 Å². The Balaban J connectivity index is 1.61. The van der Waals surface area contributed by atoms with Gasteiger partial charge in [0.2, 0.25) is 0 Å². The van der Waals surface area contributed by atoms with Gasteiger partial charge in [0.1, 0.15) is 11.5 Å². The molecule has 0 aliphatic carbocycles. The van der Waals surface area contributed by atoms with Crippen LogP contribution in [0, 0.1) is 0 Å². The standard InChI is InChI=1S/C16H16BrN3O4/c17-11-1-3-14(21)13(9-11)16(22)19-18-10-12-2-4-15(24-12)20-5-7-23-8-6-20/h1-4,9-10,21H,5-8H2,(H,19,22). The first-order valence-corrected chi connectivity index (χ1v) is 8.17. The van der Waals surface area contributed by atoms with Crippen molar-refractivity contribution in [2.75, 3.05) is 31.2 Å². The van der Waals surface area contributed by atoms with Crippen LogP contribution in [0.15, 0.2) is 44.3 Å². The van der Waals surface area contributed by atoms with E-state index in [-0.39, 0.29) is 11.3 Å². The van der Waals surface area contributed by atoms with Crippen molar-refractivity contribution in [2.24, 2.45) is 5.10 Å². The Morgan fingerprint density at radius 3 is 2.88 bits per heavy atom. The average molecular weight is 394 g/mol. The molecule has 0 bridgehead atoms. The summed E-state index contributed by atoms with van der Waals surface area (Å²) in [5, 5.41) is 13.6. The van der Waals surface area contributed by atoms with Crippen LogP contribution < -0.4 is 10.3 Å². The van der Waals surface area contributed by atoms with E-state index in [4.69, 9.17) is 9.15 Å². The van der Waals surface area contributed by atoms with Crippen LogP contribution >= 0.6 is 15.9 Å². The van der Waals surface area contributed by atoms with Crippen molar-refractivity contribution in [3.05, 3.63) is 46.1 Å². The molecule has 0 radical (unpaired) electrons. The molecule has 2 N–H and O–H groups in total. The van der Waals surface area contributed by atoms with Crippen LogP contribution in [0.2, 0.25) is 0 Å². The minimum absolute atomic E-state index is 0.112. The Hall–Kier alpha value is -2.32. The number of amides is 1. The van der Waals surface area contributed by atoms with E-state index in [2.05, 4.69) is 31.4 Å². The van der Waals surface area contributed by atoms with Crippen molar-refractivity contribution in [1.82, 2.24) is 5.43 Å². The van der Waals surface area contributed by atoms with Gasteiger partial charge in [-0.25, -0.2) is 5.43 Å². The molecule has 2 heterocycles. The fourth-order valence-corrected chi connectivity index (χ4v) is 2.63. The van der Waals surface area contributed by atoms with E-state index in [0.29, 0.717) is 23.4 Å². The molecule has 0 spiro atoms.